The Kier molecular flexibility index (Phi) is 5.21. The predicted octanol–water partition coefficient (Wildman–Crippen LogP) is 5.86. The van der Waals surface area contributed by atoms with Gasteiger partial charge in [-0.05, 0) is 99.2 Å². The molecule has 0 bridgehead atoms. The van der Waals surface area contributed by atoms with Gasteiger partial charge in [0.2, 0.25) is 0 Å². The molecule has 1 saturated carbocycles. The highest BCUT2D eigenvalue weighted by molar-refractivity contribution is 5.73. The second kappa shape index (κ2) is 7.67. The molecular weight excluding hydrogens is 428 g/mol. The van der Waals surface area contributed by atoms with Crippen molar-refractivity contribution in [2.24, 2.45) is 11.3 Å². The van der Waals surface area contributed by atoms with Gasteiger partial charge in [-0.3, -0.25) is 0 Å². The van der Waals surface area contributed by atoms with Crippen LogP contribution >= 0.6 is 0 Å². The third-order valence-corrected chi connectivity index (χ3v) is 8.38. The Labute approximate surface area is 202 Å². The van der Waals surface area contributed by atoms with E-state index >= 15 is 0 Å². The topological polar surface area (TPSA) is 79.2 Å². The van der Waals surface area contributed by atoms with E-state index in [9.17, 15) is 15.3 Å². The van der Waals surface area contributed by atoms with Gasteiger partial charge in [0.15, 0.2) is 11.5 Å². The Morgan fingerprint density at radius 1 is 0.882 bits per heavy atom. The number of hydrogen-bond acceptors (Lipinski definition) is 5. The molecule has 5 rings (SSSR count). The number of hydrogen-bond donors (Lipinski definition) is 3. The molecule has 0 unspecified atom stereocenters. The number of aliphatic hydroxyl groups is 1. The fourth-order valence-corrected chi connectivity index (χ4v) is 6.16. The highest BCUT2D eigenvalue weighted by Gasteiger charge is 2.54. The van der Waals surface area contributed by atoms with Gasteiger partial charge in [0.1, 0.15) is 22.7 Å². The zero-order valence-corrected chi connectivity index (χ0v) is 20.8. The zero-order valence-electron chi connectivity index (χ0n) is 20.8. The van der Waals surface area contributed by atoms with Crippen LogP contribution in [0.5, 0.6) is 23.0 Å². The molecule has 5 heteroatoms. The van der Waals surface area contributed by atoms with E-state index in [1.807, 2.05) is 18.2 Å². The number of rotatable bonds is 2. The molecule has 3 atom stereocenters. The normalized spacial score (nSPS) is 28.9. The summed E-state index contributed by atoms with van der Waals surface area (Å²) in [5.41, 5.74) is 2.59. The van der Waals surface area contributed by atoms with Crippen molar-refractivity contribution in [2.45, 2.75) is 84.0 Å². The van der Waals surface area contributed by atoms with Gasteiger partial charge in [0, 0.05) is 11.5 Å². The fraction of sp³-hybridized carbons (Fsp3) is 0.517. The van der Waals surface area contributed by atoms with Gasteiger partial charge in [-0.15, -0.1) is 0 Å². The average molecular weight is 465 g/mol. The fourth-order valence-electron chi connectivity index (χ4n) is 6.16. The van der Waals surface area contributed by atoms with Gasteiger partial charge in [-0.25, -0.2) is 0 Å². The van der Waals surface area contributed by atoms with Crippen molar-refractivity contribution in [3.05, 3.63) is 46.5 Å². The number of aromatic hydroxyl groups is 2. The lowest BCUT2D eigenvalue weighted by Crippen LogP contribution is -2.58. The number of fused-ring (bicyclic) bond motifs is 3. The number of benzene rings is 2. The molecule has 0 saturated heterocycles. The Morgan fingerprint density at radius 2 is 1.56 bits per heavy atom. The van der Waals surface area contributed by atoms with E-state index in [0.717, 1.165) is 53.7 Å². The van der Waals surface area contributed by atoms with E-state index in [-0.39, 0.29) is 34.5 Å². The SMILES string of the molecule is CC1(C)CCc2c(O)cc(/C=C/c3cc(O)c4c(c3)C[C@@H]3C(C)(C)[C@H](O)CC[C@@]3(C)O4)cc2O1. The Bertz CT molecular complexity index is 1160. The first kappa shape index (κ1) is 23.1. The van der Waals surface area contributed by atoms with Crippen molar-refractivity contribution in [3.8, 4) is 23.0 Å². The summed E-state index contributed by atoms with van der Waals surface area (Å²) in [6.07, 6.45) is 7.37. The van der Waals surface area contributed by atoms with Crippen LogP contribution in [0.2, 0.25) is 0 Å². The molecule has 0 radical (unpaired) electrons. The monoisotopic (exact) mass is 464 g/mol. The first-order valence-electron chi connectivity index (χ1n) is 12.3. The molecule has 2 heterocycles. The van der Waals surface area contributed by atoms with E-state index in [4.69, 9.17) is 9.47 Å². The lowest BCUT2D eigenvalue weighted by molar-refractivity contribution is -0.138. The van der Waals surface area contributed by atoms with Crippen LogP contribution < -0.4 is 9.47 Å². The summed E-state index contributed by atoms with van der Waals surface area (Å²) in [6, 6.07) is 7.50. The minimum Gasteiger partial charge on any atom is -0.508 e. The number of phenols is 2. The highest BCUT2D eigenvalue weighted by Crippen LogP contribution is 2.54. The maximum atomic E-state index is 10.8. The molecule has 0 spiro atoms. The maximum absolute atomic E-state index is 10.8. The van der Waals surface area contributed by atoms with E-state index in [2.05, 4.69) is 40.7 Å². The molecule has 2 aromatic carbocycles. The number of aliphatic hydroxyl groups excluding tert-OH is 1. The summed E-state index contributed by atoms with van der Waals surface area (Å²) in [5.74, 6) is 1.83. The van der Waals surface area contributed by atoms with Crippen LogP contribution in [-0.4, -0.2) is 32.6 Å². The van der Waals surface area contributed by atoms with Gasteiger partial charge in [0.25, 0.3) is 0 Å². The minimum atomic E-state index is -0.404. The summed E-state index contributed by atoms with van der Waals surface area (Å²) in [7, 11) is 0. The van der Waals surface area contributed by atoms with E-state index in [1.54, 1.807) is 12.1 Å². The second-order valence-electron chi connectivity index (χ2n) is 11.8. The molecule has 2 aliphatic heterocycles. The first-order valence-corrected chi connectivity index (χ1v) is 12.3. The molecular formula is C29H36O5. The molecule has 2 aromatic rings. The largest absolute Gasteiger partial charge is 0.508 e. The Morgan fingerprint density at radius 3 is 2.29 bits per heavy atom. The molecule has 0 amide bonds. The Hall–Kier alpha value is -2.66. The lowest BCUT2D eigenvalue weighted by Gasteiger charge is -2.55. The molecule has 5 nitrogen and oxygen atoms in total. The molecule has 0 aromatic heterocycles. The second-order valence-corrected chi connectivity index (χ2v) is 11.8. The summed E-state index contributed by atoms with van der Waals surface area (Å²) < 4.78 is 12.5. The van der Waals surface area contributed by atoms with E-state index in [0.29, 0.717) is 12.2 Å². The molecule has 182 valence electrons. The molecule has 1 aliphatic carbocycles. The highest BCUT2D eigenvalue weighted by atomic mass is 16.5. The summed E-state index contributed by atoms with van der Waals surface area (Å²) in [4.78, 5) is 0. The maximum Gasteiger partial charge on any atom is 0.164 e. The van der Waals surface area contributed by atoms with Gasteiger partial charge >= 0.3 is 0 Å². The molecule has 34 heavy (non-hydrogen) atoms. The van der Waals surface area contributed by atoms with Crippen molar-refractivity contribution in [1.29, 1.82) is 0 Å². The number of phenolic OH excluding ortho intramolecular Hbond substituents is 2. The average Bonchev–Trinajstić information content (AvgIpc) is 2.74. The van der Waals surface area contributed by atoms with Crippen LogP contribution in [0.3, 0.4) is 0 Å². The van der Waals surface area contributed by atoms with Crippen molar-refractivity contribution < 1.29 is 24.8 Å². The smallest absolute Gasteiger partial charge is 0.164 e. The van der Waals surface area contributed by atoms with Gasteiger partial charge in [-0.1, -0.05) is 26.0 Å². The van der Waals surface area contributed by atoms with Crippen LogP contribution in [0.1, 0.15) is 76.1 Å². The van der Waals surface area contributed by atoms with Crippen LogP contribution in [0.4, 0.5) is 0 Å². The first-order chi connectivity index (χ1) is 15.9. The summed E-state index contributed by atoms with van der Waals surface area (Å²) in [5, 5.41) is 32.0. The quantitative estimate of drug-likeness (QED) is 0.485. The van der Waals surface area contributed by atoms with Crippen LogP contribution in [0, 0.1) is 11.3 Å². The van der Waals surface area contributed by atoms with Crippen molar-refractivity contribution in [2.75, 3.05) is 0 Å². The zero-order chi connectivity index (χ0) is 24.5. The van der Waals surface area contributed by atoms with Crippen molar-refractivity contribution in [3.63, 3.8) is 0 Å². The van der Waals surface area contributed by atoms with Gasteiger partial charge < -0.3 is 24.8 Å². The molecule has 1 fully saturated rings. The van der Waals surface area contributed by atoms with Crippen molar-refractivity contribution >= 4 is 12.2 Å². The van der Waals surface area contributed by atoms with Crippen molar-refractivity contribution in [1.82, 2.24) is 0 Å². The van der Waals surface area contributed by atoms with E-state index in [1.165, 1.54) is 0 Å². The van der Waals surface area contributed by atoms with E-state index < -0.39 is 5.60 Å². The molecule has 3 aliphatic rings. The lowest BCUT2D eigenvalue weighted by atomic mass is 9.57. The third kappa shape index (κ3) is 3.84. The van der Waals surface area contributed by atoms with Crippen LogP contribution in [-0.2, 0) is 12.8 Å². The van der Waals surface area contributed by atoms with Crippen LogP contribution in [0.15, 0.2) is 24.3 Å². The van der Waals surface area contributed by atoms with Crippen LogP contribution in [0.25, 0.3) is 12.2 Å². The third-order valence-electron chi connectivity index (χ3n) is 8.38. The molecule has 3 N–H and O–H groups in total. The van der Waals surface area contributed by atoms with Gasteiger partial charge in [-0.2, -0.15) is 0 Å². The number of ether oxygens (including phenoxy) is 2. The Balaban J connectivity index is 1.45. The summed E-state index contributed by atoms with van der Waals surface area (Å²) >= 11 is 0. The standard InChI is InChI=1S/C29H36O5/c1-27(2)10-8-20-21(30)13-18(15-23(20)33-27)7-6-17-12-19-16-24-28(3,4)25(32)9-11-29(24,5)34-26(19)22(31)14-17/h6-7,12-15,24-25,30-32H,8-11,16H2,1-5H3/b7-6+/t24-,25-,29-/m1/s1. The van der Waals surface area contributed by atoms with Gasteiger partial charge in [0.05, 0.1) is 6.10 Å². The summed E-state index contributed by atoms with van der Waals surface area (Å²) in [6.45, 7) is 10.5. The predicted molar refractivity (Wildman–Crippen MR) is 133 cm³/mol. The minimum absolute atomic E-state index is 0.138.